The minimum atomic E-state index is 0.182. The predicted molar refractivity (Wildman–Crippen MR) is 103 cm³/mol. The Balaban J connectivity index is 1.65. The summed E-state index contributed by atoms with van der Waals surface area (Å²) in [7, 11) is 4.09. The largest absolute Gasteiger partial charge is 0.378 e. The first-order valence-electron chi connectivity index (χ1n) is 8.80. The summed E-state index contributed by atoms with van der Waals surface area (Å²) in [5, 5.41) is 0. The van der Waals surface area contributed by atoms with Gasteiger partial charge < -0.3 is 9.80 Å². The molecule has 4 heterocycles. The number of fused-ring (bicyclic) bond motifs is 1. The van der Waals surface area contributed by atoms with E-state index in [9.17, 15) is 0 Å². The fourth-order valence-electron chi connectivity index (χ4n) is 3.34. The molecule has 6 nitrogen and oxygen atoms in total. The number of hydrogen-bond acceptors (Lipinski definition) is 6. The van der Waals surface area contributed by atoms with Crippen LogP contribution in [0.5, 0.6) is 0 Å². The first-order valence-corrected chi connectivity index (χ1v) is 8.80. The Labute approximate surface area is 153 Å². The molecule has 3 aromatic rings. The van der Waals surface area contributed by atoms with Crippen molar-refractivity contribution in [2.45, 2.75) is 19.4 Å². The number of nitrogens with zero attached hydrogens (tertiary/aromatic N) is 6. The van der Waals surface area contributed by atoms with E-state index in [-0.39, 0.29) is 6.04 Å². The van der Waals surface area contributed by atoms with Crippen LogP contribution in [0.2, 0.25) is 0 Å². The van der Waals surface area contributed by atoms with Gasteiger partial charge in [0, 0.05) is 63.0 Å². The van der Waals surface area contributed by atoms with Crippen LogP contribution in [0.4, 0.5) is 11.5 Å². The van der Waals surface area contributed by atoms with Crippen molar-refractivity contribution >= 4 is 11.5 Å². The smallest absolute Gasteiger partial charge is 0.178 e. The summed E-state index contributed by atoms with van der Waals surface area (Å²) in [6.45, 7) is 3.07. The molecular formula is C20H22N6. The SMILES string of the molecule is CC1c2cnc(-c3ccccn3)nc2CCN1c1cc(N(C)C)ccn1. The third kappa shape index (κ3) is 2.98. The third-order valence-electron chi connectivity index (χ3n) is 4.84. The number of hydrogen-bond donors (Lipinski definition) is 0. The van der Waals surface area contributed by atoms with E-state index in [0.29, 0.717) is 5.82 Å². The lowest BCUT2D eigenvalue weighted by Gasteiger charge is -2.35. The van der Waals surface area contributed by atoms with E-state index < -0.39 is 0 Å². The van der Waals surface area contributed by atoms with E-state index in [2.05, 4.69) is 37.7 Å². The molecule has 0 N–H and O–H groups in total. The maximum atomic E-state index is 4.78. The molecule has 132 valence electrons. The van der Waals surface area contributed by atoms with E-state index in [1.54, 1.807) is 6.20 Å². The summed E-state index contributed by atoms with van der Waals surface area (Å²) in [5.74, 6) is 1.68. The van der Waals surface area contributed by atoms with Crippen LogP contribution in [0.1, 0.15) is 24.2 Å². The Bertz CT molecular complexity index is 909. The number of aromatic nitrogens is 4. The second-order valence-corrected chi connectivity index (χ2v) is 6.70. The van der Waals surface area contributed by atoms with Crippen LogP contribution >= 0.6 is 0 Å². The van der Waals surface area contributed by atoms with Crippen LogP contribution in [0.25, 0.3) is 11.5 Å². The standard InChI is InChI=1S/C20H22N6/c1-14-16-13-23-20(18-6-4-5-9-21-18)24-17(16)8-11-26(14)19-12-15(25(2)3)7-10-22-19/h4-7,9-10,12-14H,8,11H2,1-3H3. The van der Waals surface area contributed by atoms with Gasteiger partial charge in [-0.1, -0.05) is 6.07 Å². The topological polar surface area (TPSA) is 58.0 Å². The maximum Gasteiger partial charge on any atom is 0.178 e. The molecular weight excluding hydrogens is 324 g/mol. The Morgan fingerprint density at radius 1 is 1.08 bits per heavy atom. The van der Waals surface area contributed by atoms with Crippen LogP contribution in [-0.2, 0) is 6.42 Å². The summed E-state index contributed by atoms with van der Waals surface area (Å²) < 4.78 is 0. The van der Waals surface area contributed by atoms with Crippen molar-refractivity contribution in [1.29, 1.82) is 0 Å². The lowest BCUT2D eigenvalue weighted by atomic mass is 9.99. The average Bonchev–Trinajstić information content (AvgIpc) is 2.69. The first-order chi connectivity index (χ1) is 12.6. The molecule has 0 radical (unpaired) electrons. The maximum absolute atomic E-state index is 4.78. The highest BCUT2D eigenvalue weighted by atomic mass is 15.2. The summed E-state index contributed by atoms with van der Waals surface area (Å²) in [4.78, 5) is 22.7. The minimum Gasteiger partial charge on any atom is -0.378 e. The summed E-state index contributed by atoms with van der Waals surface area (Å²) in [6.07, 6.45) is 6.45. The van der Waals surface area contributed by atoms with E-state index in [1.807, 2.05) is 50.8 Å². The van der Waals surface area contributed by atoms with Gasteiger partial charge in [0.05, 0.1) is 11.7 Å². The van der Waals surface area contributed by atoms with Gasteiger partial charge in [0.25, 0.3) is 0 Å². The van der Waals surface area contributed by atoms with Gasteiger partial charge in [0.15, 0.2) is 5.82 Å². The number of rotatable bonds is 3. The number of pyridine rings is 2. The molecule has 1 unspecified atom stereocenters. The molecule has 1 atom stereocenters. The Hall–Kier alpha value is -3.02. The van der Waals surface area contributed by atoms with E-state index >= 15 is 0 Å². The highest BCUT2D eigenvalue weighted by molar-refractivity contribution is 5.56. The molecule has 1 aliphatic rings. The second kappa shape index (κ2) is 6.71. The van der Waals surface area contributed by atoms with Gasteiger partial charge in [0.2, 0.25) is 0 Å². The summed E-state index contributed by atoms with van der Waals surface area (Å²) in [5.41, 5.74) is 4.22. The van der Waals surface area contributed by atoms with Crippen LogP contribution in [0, 0.1) is 0 Å². The second-order valence-electron chi connectivity index (χ2n) is 6.70. The fourth-order valence-corrected chi connectivity index (χ4v) is 3.34. The van der Waals surface area contributed by atoms with E-state index in [4.69, 9.17) is 4.98 Å². The zero-order chi connectivity index (χ0) is 18.1. The van der Waals surface area contributed by atoms with Crippen molar-refractivity contribution in [3.05, 3.63) is 60.2 Å². The van der Waals surface area contributed by atoms with Crippen molar-refractivity contribution in [2.24, 2.45) is 0 Å². The van der Waals surface area contributed by atoms with Crippen molar-refractivity contribution < 1.29 is 0 Å². The molecule has 1 aliphatic heterocycles. The molecule has 0 spiro atoms. The molecule has 3 aromatic heterocycles. The average molecular weight is 346 g/mol. The van der Waals surface area contributed by atoms with Gasteiger partial charge in [-0.05, 0) is 25.1 Å². The van der Waals surface area contributed by atoms with Crippen LogP contribution in [-0.4, -0.2) is 40.6 Å². The van der Waals surface area contributed by atoms with Crippen molar-refractivity contribution in [2.75, 3.05) is 30.4 Å². The van der Waals surface area contributed by atoms with Crippen LogP contribution in [0.15, 0.2) is 48.9 Å². The van der Waals surface area contributed by atoms with Gasteiger partial charge in [-0.15, -0.1) is 0 Å². The van der Waals surface area contributed by atoms with Gasteiger partial charge in [0.1, 0.15) is 11.5 Å². The first kappa shape index (κ1) is 16.4. The van der Waals surface area contributed by atoms with Crippen molar-refractivity contribution in [1.82, 2.24) is 19.9 Å². The molecule has 6 heteroatoms. The molecule has 0 aromatic carbocycles. The van der Waals surface area contributed by atoms with Crippen LogP contribution in [0.3, 0.4) is 0 Å². The molecule has 0 bridgehead atoms. The normalized spacial score (nSPS) is 16.3. The lowest BCUT2D eigenvalue weighted by Crippen LogP contribution is -2.35. The quantitative estimate of drug-likeness (QED) is 0.726. The molecule has 4 rings (SSSR count). The molecule has 0 aliphatic carbocycles. The van der Waals surface area contributed by atoms with Gasteiger partial charge in [-0.2, -0.15) is 0 Å². The van der Waals surface area contributed by atoms with Gasteiger partial charge in [-0.3, -0.25) is 4.98 Å². The van der Waals surface area contributed by atoms with Crippen molar-refractivity contribution in [3.63, 3.8) is 0 Å². The number of anilines is 2. The Morgan fingerprint density at radius 3 is 2.73 bits per heavy atom. The summed E-state index contributed by atoms with van der Waals surface area (Å²) in [6, 6.07) is 10.1. The fraction of sp³-hybridized carbons (Fsp3) is 0.300. The predicted octanol–water partition coefficient (Wildman–Crippen LogP) is 3.12. The van der Waals surface area contributed by atoms with E-state index in [0.717, 1.165) is 41.4 Å². The lowest BCUT2D eigenvalue weighted by molar-refractivity contribution is 0.602. The van der Waals surface area contributed by atoms with Gasteiger partial charge in [-0.25, -0.2) is 15.0 Å². The Kier molecular flexibility index (Phi) is 4.24. The van der Waals surface area contributed by atoms with Gasteiger partial charge >= 0.3 is 0 Å². The highest BCUT2D eigenvalue weighted by Crippen LogP contribution is 2.33. The molecule has 0 amide bonds. The van der Waals surface area contributed by atoms with E-state index in [1.165, 1.54) is 0 Å². The molecule has 0 saturated carbocycles. The molecule has 0 saturated heterocycles. The monoisotopic (exact) mass is 346 g/mol. The van der Waals surface area contributed by atoms with Crippen LogP contribution < -0.4 is 9.80 Å². The van der Waals surface area contributed by atoms with Crippen molar-refractivity contribution in [3.8, 4) is 11.5 Å². The summed E-state index contributed by atoms with van der Waals surface area (Å²) >= 11 is 0. The highest BCUT2D eigenvalue weighted by Gasteiger charge is 2.27. The molecule has 0 fully saturated rings. The minimum absolute atomic E-state index is 0.182. The third-order valence-corrected chi connectivity index (χ3v) is 4.84. The zero-order valence-electron chi connectivity index (χ0n) is 15.3. The Morgan fingerprint density at radius 2 is 1.96 bits per heavy atom. The zero-order valence-corrected chi connectivity index (χ0v) is 15.3. The molecule has 26 heavy (non-hydrogen) atoms.